The SMILES string of the molecule is CN1CCN(CCS(=O)(=O)Cc2cc(-c3ccc4ncnc(Nc5ccc(F)c(Cl)c5)c4c3)cnc2Cl)CC1. The molecular weight excluding hydrogens is 562 g/mol. The van der Waals surface area contributed by atoms with Crippen molar-refractivity contribution in [3.63, 3.8) is 0 Å². The highest BCUT2D eigenvalue weighted by molar-refractivity contribution is 7.90. The van der Waals surface area contributed by atoms with E-state index in [9.17, 15) is 12.8 Å². The predicted octanol–water partition coefficient (Wildman–Crippen LogP) is 5.04. The molecule has 0 atom stereocenters. The van der Waals surface area contributed by atoms with Gasteiger partial charge < -0.3 is 10.2 Å². The van der Waals surface area contributed by atoms with E-state index in [2.05, 4.69) is 37.1 Å². The lowest BCUT2D eigenvalue weighted by Crippen LogP contribution is -2.45. The number of rotatable bonds is 8. The number of nitrogens with zero attached hydrogens (tertiary/aromatic N) is 5. The third-order valence-corrected chi connectivity index (χ3v) is 8.94. The molecule has 8 nitrogen and oxygen atoms in total. The van der Waals surface area contributed by atoms with Crippen molar-refractivity contribution in [3.8, 4) is 11.1 Å². The van der Waals surface area contributed by atoms with E-state index in [0.29, 0.717) is 40.1 Å². The fraction of sp³-hybridized carbons (Fsp3) is 0.296. The van der Waals surface area contributed by atoms with Crippen LogP contribution in [0.5, 0.6) is 0 Å². The molecule has 0 saturated carbocycles. The zero-order valence-electron chi connectivity index (χ0n) is 21.2. The minimum Gasteiger partial charge on any atom is -0.340 e. The number of likely N-dealkylation sites (N-methyl/N-ethyl adjacent to an activating group) is 1. The van der Waals surface area contributed by atoms with Crippen LogP contribution in [0.1, 0.15) is 5.56 Å². The molecule has 3 heterocycles. The summed E-state index contributed by atoms with van der Waals surface area (Å²) >= 11 is 12.3. The molecule has 5 rings (SSSR count). The zero-order chi connectivity index (χ0) is 27.6. The second kappa shape index (κ2) is 11.7. The van der Waals surface area contributed by atoms with Crippen molar-refractivity contribution in [2.75, 3.05) is 50.8 Å². The van der Waals surface area contributed by atoms with Gasteiger partial charge in [0.15, 0.2) is 9.84 Å². The van der Waals surface area contributed by atoms with E-state index < -0.39 is 15.7 Å². The Morgan fingerprint density at radius 1 is 0.974 bits per heavy atom. The number of pyridine rings is 1. The first-order chi connectivity index (χ1) is 18.7. The molecule has 12 heteroatoms. The summed E-state index contributed by atoms with van der Waals surface area (Å²) in [6.45, 7) is 4.09. The molecule has 1 N–H and O–H groups in total. The third kappa shape index (κ3) is 6.82. The van der Waals surface area contributed by atoms with Gasteiger partial charge >= 0.3 is 0 Å². The molecule has 1 fully saturated rings. The number of hydrogen-bond donors (Lipinski definition) is 1. The quantitative estimate of drug-likeness (QED) is 0.286. The van der Waals surface area contributed by atoms with Crippen LogP contribution >= 0.6 is 23.2 Å². The smallest absolute Gasteiger partial charge is 0.155 e. The van der Waals surface area contributed by atoms with Crippen molar-refractivity contribution in [3.05, 3.63) is 76.5 Å². The van der Waals surface area contributed by atoms with Crippen LogP contribution in [-0.4, -0.2) is 78.7 Å². The van der Waals surface area contributed by atoms with Gasteiger partial charge in [0.2, 0.25) is 0 Å². The van der Waals surface area contributed by atoms with Gasteiger partial charge in [-0.05, 0) is 49.0 Å². The lowest BCUT2D eigenvalue weighted by molar-refractivity contribution is 0.161. The van der Waals surface area contributed by atoms with Crippen LogP contribution < -0.4 is 5.32 Å². The van der Waals surface area contributed by atoms with Gasteiger partial charge in [-0.2, -0.15) is 0 Å². The van der Waals surface area contributed by atoms with Crippen molar-refractivity contribution < 1.29 is 12.8 Å². The van der Waals surface area contributed by atoms with Crippen molar-refractivity contribution in [1.29, 1.82) is 0 Å². The van der Waals surface area contributed by atoms with E-state index >= 15 is 0 Å². The summed E-state index contributed by atoms with van der Waals surface area (Å²) in [6, 6.07) is 11.7. The Balaban J connectivity index is 1.37. The number of sulfone groups is 1. The molecule has 0 bridgehead atoms. The van der Waals surface area contributed by atoms with Gasteiger partial charge in [-0.1, -0.05) is 29.3 Å². The molecule has 4 aromatic rings. The highest BCUT2D eigenvalue weighted by Crippen LogP contribution is 2.31. The molecule has 204 valence electrons. The van der Waals surface area contributed by atoms with E-state index in [0.717, 1.165) is 31.7 Å². The Morgan fingerprint density at radius 2 is 1.77 bits per heavy atom. The van der Waals surface area contributed by atoms with Crippen molar-refractivity contribution in [1.82, 2.24) is 24.8 Å². The number of hydrogen-bond acceptors (Lipinski definition) is 8. The summed E-state index contributed by atoms with van der Waals surface area (Å²) in [5.74, 6) is -0.120. The predicted molar refractivity (Wildman–Crippen MR) is 154 cm³/mol. The van der Waals surface area contributed by atoms with Crippen molar-refractivity contribution >= 4 is 55.4 Å². The summed E-state index contributed by atoms with van der Waals surface area (Å²) in [5, 5.41) is 4.04. The summed E-state index contributed by atoms with van der Waals surface area (Å²) in [6.07, 6.45) is 3.05. The molecule has 39 heavy (non-hydrogen) atoms. The van der Waals surface area contributed by atoms with E-state index in [1.165, 1.54) is 18.5 Å². The van der Waals surface area contributed by atoms with Crippen LogP contribution in [0.25, 0.3) is 22.0 Å². The molecule has 2 aromatic heterocycles. The third-order valence-electron chi connectivity index (χ3n) is 6.75. The maximum atomic E-state index is 13.6. The molecule has 0 aliphatic carbocycles. The average Bonchev–Trinajstić information content (AvgIpc) is 2.91. The highest BCUT2D eigenvalue weighted by atomic mass is 35.5. The zero-order valence-corrected chi connectivity index (χ0v) is 23.6. The largest absolute Gasteiger partial charge is 0.340 e. The molecular formula is C27H27Cl2FN6O2S. The number of aromatic nitrogens is 3. The maximum Gasteiger partial charge on any atom is 0.155 e. The Kier molecular flexibility index (Phi) is 8.29. The lowest BCUT2D eigenvalue weighted by atomic mass is 10.0. The topological polar surface area (TPSA) is 91.3 Å². The molecule has 0 amide bonds. The number of anilines is 2. The molecule has 1 saturated heterocycles. The van der Waals surface area contributed by atoms with Gasteiger partial charge in [0.05, 0.1) is 22.0 Å². The van der Waals surface area contributed by atoms with Crippen LogP contribution in [0, 0.1) is 5.82 Å². The Morgan fingerprint density at radius 3 is 2.54 bits per heavy atom. The van der Waals surface area contributed by atoms with Crippen LogP contribution in [0.4, 0.5) is 15.9 Å². The van der Waals surface area contributed by atoms with E-state index in [-0.39, 0.29) is 21.7 Å². The molecule has 1 aliphatic rings. The van der Waals surface area contributed by atoms with Gasteiger partial charge in [-0.25, -0.2) is 27.8 Å². The minimum atomic E-state index is -3.40. The van der Waals surface area contributed by atoms with Crippen LogP contribution in [0.15, 0.2) is 55.0 Å². The fourth-order valence-corrected chi connectivity index (χ4v) is 6.25. The van der Waals surface area contributed by atoms with Crippen LogP contribution in [-0.2, 0) is 15.6 Å². The highest BCUT2D eigenvalue weighted by Gasteiger charge is 2.20. The average molecular weight is 590 g/mol. The summed E-state index contributed by atoms with van der Waals surface area (Å²) < 4.78 is 39.5. The molecule has 0 spiro atoms. The van der Waals surface area contributed by atoms with E-state index in [4.69, 9.17) is 23.2 Å². The number of fused-ring (bicyclic) bond motifs is 1. The van der Waals surface area contributed by atoms with E-state index in [1.807, 2.05) is 18.2 Å². The first-order valence-electron chi connectivity index (χ1n) is 12.4. The maximum absolute atomic E-state index is 13.6. The molecule has 0 radical (unpaired) electrons. The number of halogens is 3. The summed E-state index contributed by atoms with van der Waals surface area (Å²) in [7, 11) is -1.33. The van der Waals surface area contributed by atoms with Crippen molar-refractivity contribution in [2.24, 2.45) is 0 Å². The number of benzene rings is 2. The van der Waals surface area contributed by atoms with Gasteiger partial charge in [-0.15, -0.1) is 0 Å². The van der Waals surface area contributed by atoms with Crippen LogP contribution in [0.3, 0.4) is 0 Å². The number of piperazine rings is 1. The number of nitrogens with one attached hydrogen (secondary N) is 1. The standard InChI is InChI=1S/C27H27Cl2FN6O2S/c1-35-6-8-36(9-7-35)10-11-39(37,38)16-20-12-19(15-31-26(20)29)18-2-5-25-22(13-18)27(33-17-32-25)34-21-3-4-24(30)23(28)14-21/h2-5,12-15,17H,6-11,16H2,1H3,(H,32,33,34). The van der Waals surface area contributed by atoms with Gasteiger partial charge in [0.1, 0.15) is 23.1 Å². The Bertz CT molecular complexity index is 1610. The first kappa shape index (κ1) is 27.7. The van der Waals surface area contributed by atoms with E-state index in [1.54, 1.807) is 18.3 Å². The van der Waals surface area contributed by atoms with Gasteiger partial charge in [0.25, 0.3) is 0 Å². The first-order valence-corrected chi connectivity index (χ1v) is 15.0. The lowest BCUT2D eigenvalue weighted by Gasteiger charge is -2.32. The molecule has 2 aromatic carbocycles. The summed E-state index contributed by atoms with van der Waals surface area (Å²) in [4.78, 5) is 17.4. The fourth-order valence-electron chi connectivity index (χ4n) is 4.45. The monoisotopic (exact) mass is 588 g/mol. The summed E-state index contributed by atoms with van der Waals surface area (Å²) in [5.41, 5.74) is 3.22. The Hall–Kier alpha value is -2.89. The van der Waals surface area contributed by atoms with Gasteiger partial charge in [0, 0.05) is 61.1 Å². The minimum absolute atomic E-state index is 0.00250. The Labute approximate surface area is 236 Å². The molecule has 1 aliphatic heterocycles. The molecule has 0 unspecified atom stereocenters. The van der Waals surface area contributed by atoms with Crippen LogP contribution in [0.2, 0.25) is 10.2 Å². The second-order valence-electron chi connectivity index (χ2n) is 9.62. The second-order valence-corrected chi connectivity index (χ2v) is 12.6. The van der Waals surface area contributed by atoms with Crippen molar-refractivity contribution in [2.45, 2.75) is 5.75 Å². The normalized spacial score (nSPS) is 15.1. The van der Waals surface area contributed by atoms with Gasteiger partial charge in [-0.3, -0.25) is 4.90 Å².